The number of hydrogen-bond donors (Lipinski definition) is 2. The van der Waals surface area contributed by atoms with Crippen LogP contribution in [-0.4, -0.2) is 39.7 Å². The van der Waals surface area contributed by atoms with Gasteiger partial charge in [0, 0.05) is 29.3 Å². The fourth-order valence-electron chi connectivity index (χ4n) is 3.32. The van der Waals surface area contributed by atoms with E-state index in [1.807, 2.05) is 45.0 Å². The van der Waals surface area contributed by atoms with Crippen molar-refractivity contribution < 1.29 is 14.6 Å². The van der Waals surface area contributed by atoms with E-state index in [9.17, 15) is 9.90 Å². The number of benzene rings is 2. The molecule has 0 aliphatic carbocycles. The second kappa shape index (κ2) is 8.53. The molecular weight excluding hydrogens is 394 g/mol. The summed E-state index contributed by atoms with van der Waals surface area (Å²) in [4.78, 5) is 12.6. The van der Waals surface area contributed by atoms with Gasteiger partial charge in [0.1, 0.15) is 36.5 Å². The minimum atomic E-state index is -0.619. The quantitative estimate of drug-likeness (QED) is 0.637. The van der Waals surface area contributed by atoms with Gasteiger partial charge in [0.15, 0.2) is 0 Å². The first-order valence-electron chi connectivity index (χ1n) is 10.3. The summed E-state index contributed by atoms with van der Waals surface area (Å²) in [7, 11) is 0. The lowest BCUT2D eigenvalue weighted by atomic mass is 10.0. The number of aliphatic hydroxyl groups excluding tert-OH is 1. The van der Waals surface area contributed by atoms with E-state index < -0.39 is 6.10 Å². The number of para-hydroxylation sites is 1. The van der Waals surface area contributed by atoms with Crippen molar-refractivity contribution in [1.82, 2.24) is 15.1 Å². The highest BCUT2D eigenvalue weighted by atomic mass is 16.5. The topological polar surface area (TPSA) is 85.6 Å². The second-order valence-corrected chi connectivity index (χ2v) is 8.64. The maximum Gasteiger partial charge on any atom is 0.271 e. The number of fused-ring (bicyclic) bond motifs is 3. The van der Waals surface area contributed by atoms with Gasteiger partial charge in [-0.25, -0.2) is 0 Å². The third-order valence-corrected chi connectivity index (χ3v) is 4.93. The van der Waals surface area contributed by atoms with Crippen molar-refractivity contribution in [2.45, 2.75) is 39.0 Å². The van der Waals surface area contributed by atoms with Crippen LogP contribution in [0.3, 0.4) is 0 Å². The molecule has 0 bridgehead atoms. The highest BCUT2D eigenvalue weighted by molar-refractivity contribution is 5.71. The zero-order valence-electron chi connectivity index (χ0n) is 18.0. The Kier molecular flexibility index (Phi) is 5.80. The summed E-state index contributed by atoms with van der Waals surface area (Å²) in [6, 6.07) is 16.3. The summed E-state index contributed by atoms with van der Waals surface area (Å²) >= 11 is 0. The molecule has 1 aromatic heterocycles. The summed E-state index contributed by atoms with van der Waals surface area (Å²) in [5.74, 6) is 1.37. The molecule has 4 rings (SSSR count). The molecule has 2 N–H and O–H groups in total. The molecule has 1 aliphatic heterocycles. The van der Waals surface area contributed by atoms with E-state index in [-0.39, 0.29) is 17.7 Å². The second-order valence-electron chi connectivity index (χ2n) is 8.64. The molecule has 2 aromatic carbocycles. The molecule has 1 unspecified atom stereocenters. The molecule has 0 saturated heterocycles. The fourth-order valence-corrected chi connectivity index (χ4v) is 3.32. The van der Waals surface area contributed by atoms with Crippen LogP contribution in [0.5, 0.6) is 11.5 Å². The molecule has 31 heavy (non-hydrogen) atoms. The smallest absolute Gasteiger partial charge is 0.271 e. The van der Waals surface area contributed by atoms with Crippen molar-refractivity contribution in [3.05, 3.63) is 70.5 Å². The fraction of sp³-hybridized carbons (Fsp3) is 0.333. The van der Waals surface area contributed by atoms with Gasteiger partial charge in [0.25, 0.3) is 5.56 Å². The van der Waals surface area contributed by atoms with E-state index in [1.165, 1.54) is 4.68 Å². The summed E-state index contributed by atoms with van der Waals surface area (Å²) in [5, 5.41) is 17.9. The molecule has 7 heteroatoms. The summed E-state index contributed by atoms with van der Waals surface area (Å²) in [6.07, 6.45) is -0.619. The molecule has 1 atom stereocenters. The molecule has 0 fully saturated rings. The van der Waals surface area contributed by atoms with Gasteiger partial charge in [-0.15, -0.1) is 0 Å². The number of hydrogen-bond acceptors (Lipinski definition) is 6. The van der Waals surface area contributed by atoms with Crippen molar-refractivity contribution in [2.24, 2.45) is 0 Å². The average Bonchev–Trinajstić information content (AvgIpc) is 2.75. The third-order valence-electron chi connectivity index (χ3n) is 4.93. The van der Waals surface area contributed by atoms with Gasteiger partial charge in [-0.05, 0) is 57.2 Å². The molecule has 2 heterocycles. The molecular formula is C24H27N3O4. The summed E-state index contributed by atoms with van der Waals surface area (Å²) < 4.78 is 12.8. The minimum absolute atomic E-state index is 0.0651. The van der Waals surface area contributed by atoms with Gasteiger partial charge in [-0.3, -0.25) is 4.79 Å². The molecule has 162 valence electrons. The van der Waals surface area contributed by atoms with E-state index >= 15 is 0 Å². The zero-order chi connectivity index (χ0) is 22.0. The van der Waals surface area contributed by atoms with E-state index in [0.717, 1.165) is 22.6 Å². The molecule has 0 saturated carbocycles. The first-order chi connectivity index (χ1) is 14.8. The van der Waals surface area contributed by atoms with Crippen LogP contribution in [0.15, 0.2) is 59.4 Å². The number of rotatable bonds is 6. The number of nitrogens with one attached hydrogen (secondary N) is 1. The number of aliphatic hydroxyl groups is 1. The lowest BCUT2D eigenvalue weighted by Gasteiger charge is -2.23. The van der Waals surface area contributed by atoms with Crippen LogP contribution < -0.4 is 20.3 Å². The van der Waals surface area contributed by atoms with Crippen molar-refractivity contribution in [2.75, 3.05) is 13.2 Å². The summed E-state index contributed by atoms with van der Waals surface area (Å²) in [6.45, 7) is 7.08. The largest absolute Gasteiger partial charge is 0.491 e. The average molecular weight is 421 g/mol. The van der Waals surface area contributed by atoms with Crippen LogP contribution in [0.1, 0.15) is 26.3 Å². The Morgan fingerprint density at radius 3 is 2.68 bits per heavy atom. The SMILES string of the molecule is CC(C)(C)NCC(O)COc1ccc(-n2nc3c(cc2=O)COc2ccccc2-3)cc1. The Bertz CT molecular complexity index is 1120. The maximum absolute atomic E-state index is 12.6. The van der Waals surface area contributed by atoms with Crippen LogP contribution in [-0.2, 0) is 6.61 Å². The maximum atomic E-state index is 12.6. The normalized spacial score (nSPS) is 13.7. The first kappa shape index (κ1) is 21.1. The Balaban J connectivity index is 1.49. The van der Waals surface area contributed by atoms with E-state index in [1.54, 1.807) is 30.3 Å². The van der Waals surface area contributed by atoms with Crippen molar-refractivity contribution in [3.63, 3.8) is 0 Å². The predicted molar refractivity (Wildman–Crippen MR) is 119 cm³/mol. The zero-order valence-corrected chi connectivity index (χ0v) is 18.0. The summed E-state index contributed by atoms with van der Waals surface area (Å²) in [5.41, 5.74) is 2.74. The number of aromatic nitrogens is 2. The Morgan fingerprint density at radius 1 is 1.19 bits per heavy atom. The first-order valence-corrected chi connectivity index (χ1v) is 10.3. The Morgan fingerprint density at radius 2 is 1.94 bits per heavy atom. The van der Waals surface area contributed by atoms with Gasteiger partial charge in [-0.2, -0.15) is 9.78 Å². The molecule has 3 aromatic rings. The van der Waals surface area contributed by atoms with Gasteiger partial charge in [0.05, 0.1) is 5.69 Å². The number of nitrogens with zero attached hydrogens (tertiary/aromatic N) is 2. The predicted octanol–water partition coefficient (Wildman–Crippen LogP) is 2.92. The standard InChI is InChI=1S/C24H27N3O4/c1-24(2,3)25-13-18(28)15-30-19-10-8-17(9-11-19)27-22(29)12-16-14-31-21-7-5-4-6-20(21)23(16)26-27/h4-12,18,25,28H,13-15H2,1-3H3. The lowest BCUT2D eigenvalue weighted by molar-refractivity contribution is 0.100. The van der Waals surface area contributed by atoms with E-state index in [0.29, 0.717) is 24.6 Å². The van der Waals surface area contributed by atoms with Crippen molar-refractivity contribution in [1.29, 1.82) is 0 Å². The molecule has 0 spiro atoms. The van der Waals surface area contributed by atoms with Gasteiger partial charge in [-0.1, -0.05) is 12.1 Å². The van der Waals surface area contributed by atoms with Crippen LogP contribution >= 0.6 is 0 Å². The molecule has 1 aliphatic rings. The van der Waals surface area contributed by atoms with Gasteiger partial charge in [0.2, 0.25) is 0 Å². The molecule has 0 radical (unpaired) electrons. The van der Waals surface area contributed by atoms with Gasteiger partial charge >= 0.3 is 0 Å². The van der Waals surface area contributed by atoms with Crippen molar-refractivity contribution >= 4 is 0 Å². The van der Waals surface area contributed by atoms with Crippen LogP contribution in [0, 0.1) is 0 Å². The third kappa shape index (κ3) is 4.95. The van der Waals surface area contributed by atoms with Crippen LogP contribution in [0.25, 0.3) is 16.9 Å². The minimum Gasteiger partial charge on any atom is -0.491 e. The monoisotopic (exact) mass is 421 g/mol. The van der Waals surface area contributed by atoms with Crippen LogP contribution in [0.4, 0.5) is 0 Å². The highest BCUT2D eigenvalue weighted by Crippen LogP contribution is 2.35. The number of β-amino-alcohol motifs (C(OH)–C–C–N with tert-alkyl or cyclic N) is 1. The van der Waals surface area contributed by atoms with Crippen LogP contribution in [0.2, 0.25) is 0 Å². The Hall–Kier alpha value is -3.16. The van der Waals surface area contributed by atoms with E-state index in [4.69, 9.17) is 9.47 Å². The lowest BCUT2D eigenvalue weighted by Crippen LogP contribution is -2.42. The van der Waals surface area contributed by atoms with E-state index in [2.05, 4.69) is 10.4 Å². The number of ether oxygens (including phenoxy) is 2. The highest BCUT2D eigenvalue weighted by Gasteiger charge is 2.20. The van der Waals surface area contributed by atoms with Gasteiger partial charge < -0.3 is 19.9 Å². The molecule has 7 nitrogen and oxygen atoms in total. The Labute approximate surface area is 181 Å². The molecule has 0 amide bonds. The van der Waals surface area contributed by atoms with Crippen molar-refractivity contribution in [3.8, 4) is 28.4 Å².